The molecule has 0 saturated carbocycles. The van der Waals surface area contributed by atoms with E-state index >= 15 is 0 Å². The summed E-state index contributed by atoms with van der Waals surface area (Å²) in [7, 11) is 0. The fourth-order valence-electron chi connectivity index (χ4n) is 2.04. The third-order valence-electron chi connectivity index (χ3n) is 3.41. The van der Waals surface area contributed by atoms with Crippen LogP contribution < -0.4 is 5.32 Å². The van der Waals surface area contributed by atoms with Gasteiger partial charge in [0, 0.05) is 10.8 Å². The van der Waals surface area contributed by atoms with Gasteiger partial charge in [0.2, 0.25) is 0 Å². The molecule has 1 atom stereocenters. The van der Waals surface area contributed by atoms with Crippen molar-refractivity contribution in [3.63, 3.8) is 0 Å². The highest BCUT2D eigenvalue weighted by Crippen LogP contribution is 2.18. The Hall–Kier alpha value is -0.690. The minimum atomic E-state index is -0.364. The van der Waals surface area contributed by atoms with Crippen LogP contribution in [0.1, 0.15) is 45.1 Å². The molecular formula is C17H25ClN2S. The summed E-state index contributed by atoms with van der Waals surface area (Å²) < 4.78 is 0. The molecule has 0 heterocycles. The maximum Gasteiger partial charge on any atom is 0.103 e. The van der Waals surface area contributed by atoms with Crippen LogP contribution in [0.15, 0.2) is 24.3 Å². The quantitative estimate of drug-likeness (QED) is 0.613. The second-order valence-electron chi connectivity index (χ2n) is 5.51. The van der Waals surface area contributed by atoms with Crippen molar-refractivity contribution in [3.8, 4) is 6.07 Å². The summed E-state index contributed by atoms with van der Waals surface area (Å²) in [5, 5.41) is 13.4. The Morgan fingerprint density at radius 1 is 1.29 bits per heavy atom. The van der Waals surface area contributed by atoms with Crippen LogP contribution in [0.5, 0.6) is 0 Å². The number of hydrogen-bond acceptors (Lipinski definition) is 3. The molecular weight excluding hydrogens is 300 g/mol. The zero-order valence-corrected chi connectivity index (χ0v) is 14.6. The third-order valence-corrected chi connectivity index (χ3v) is 4.78. The van der Waals surface area contributed by atoms with E-state index in [1.54, 1.807) is 0 Å². The molecule has 1 unspecified atom stereocenters. The average Bonchev–Trinajstić information content (AvgIpc) is 2.50. The van der Waals surface area contributed by atoms with E-state index in [0.717, 1.165) is 48.8 Å². The molecule has 0 radical (unpaired) electrons. The Balaban J connectivity index is 2.13. The SMILES string of the molecule is CCCNC(C)(C#N)CCCCSCc1ccc(Cl)cc1. The topological polar surface area (TPSA) is 35.8 Å². The minimum absolute atomic E-state index is 0.364. The molecule has 1 N–H and O–H groups in total. The van der Waals surface area contributed by atoms with Crippen LogP contribution in [0.2, 0.25) is 5.02 Å². The maximum absolute atomic E-state index is 9.26. The van der Waals surface area contributed by atoms with Crippen LogP contribution in [-0.4, -0.2) is 17.8 Å². The second kappa shape index (κ2) is 10.1. The monoisotopic (exact) mass is 324 g/mol. The molecule has 0 spiro atoms. The number of thioether (sulfide) groups is 1. The molecule has 0 aromatic heterocycles. The van der Waals surface area contributed by atoms with E-state index in [1.807, 2.05) is 30.8 Å². The summed E-state index contributed by atoms with van der Waals surface area (Å²) in [6, 6.07) is 10.4. The van der Waals surface area contributed by atoms with Gasteiger partial charge in [-0.05, 0) is 62.6 Å². The number of benzene rings is 1. The number of nitriles is 1. The molecule has 116 valence electrons. The molecule has 1 rings (SSSR count). The predicted molar refractivity (Wildman–Crippen MR) is 93.8 cm³/mol. The normalized spacial score (nSPS) is 13.6. The van der Waals surface area contributed by atoms with Crippen LogP contribution >= 0.6 is 23.4 Å². The van der Waals surface area contributed by atoms with Gasteiger partial charge in [-0.3, -0.25) is 5.32 Å². The summed E-state index contributed by atoms with van der Waals surface area (Å²) in [4.78, 5) is 0. The fourth-order valence-corrected chi connectivity index (χ4v) is 3.14. The zero-order chi connectivity index (χ0) is 15.6. The van der Waals surface area contributed by atoms with Crippen molar-refractivity contribution in [1.29, 1.82) is 5.26 Å². The number of nitrogens with one attached hydrogen (secondary N) is 1. The Morgan fingerprint density at radius 2 is 2.00 bits per heavy atom. The van der Waals surface area contributed by atoms with Crippen molar-refractivity contribution in [2.45, 2.75) is 50.8 Å². The van der Waals surface area contributed by atoms with Crippen LogP contribution in [0, 0.1) is 11.3 Å². The van der Waals surface area contributed by atoms with E-state index in [0.29, 0.717) is 0 Å². The van der Waals surface area contributed by atoms with Crippen molar-refractivity contribution < 1.29 is 0 Å². The van der Waals surface area contributed by atoms with Gasteiger partial charge >= 0.3 is 0 Å². The largest absolute Gasteiger partial charge is 0.300 e. The predicted octanol–water partition coefficient (Wildman–Crippen LogP) is 5.03. The smallest absolute Gasteiger partial charge is 0.103 e. The summed E-state index contributed by atoms with van der Waals surface area (Å²) in [6.45, 7) is 5.04. The van der Waals surface area contributed by atoms with Gasteiger partial charge in [-0.1, -0.05) is 30.7 Å². The number of hydrogen-bond donors (Lipinski definition) is 1. The van der Waals surface area contributed by atoms with Gasteiger partial charge in [0.15, 0.2) is 0 Å². The van der Waals surface area contributed by atoms with E-state index in [4.69, 9.17) is 11.6 Å². The van der Waals surface area contributed by atoms with Crippen molar-refractivity contribution >= 4 is 23.4 Å². The van der Waals surface area contributed by atoms with Crippen molar-refractivity contribution in [1.82, 2.24) is 5.32 Å². The summed E-state index contributed by atoms with van der Waals surface area (Å²) in [5.41, 5.74) is 0.951. The molecule has 1 aromatic carbocycles. The number of rotatable bonds is 10. The van der Waals surface area contributed by atoms with Crippen LogP contribution in [0.4, 0.5) is 0 Å². The maximum atomic E-state index is 9.26. The van der Waals surface area contributed by atoms with Gasteiger partial charge < -0.3 is 0 Å². The molecule has 0 fully saturated rings. The van der Waals surface area contributed by atoms with Crippen molar-refractivity contribution in [3.05, 3.63) is 34.9 Å². The van der Waals surface area contributed by atoms with Gasteiger partial charge in [0.25, 0.3) is 0 Å². The summed E-state index contributed by atoms with van der Waals surface area (Å²) in [6.07, 6.45) is 4.23. The first-order valence-electron chi connectivity index (χ1n) is 7.58. The van der Waals surface area contributed by atoms with Crippen molar-refractivity contribution in [2.24, 2.45) is 0 Å². The van der Waals surface area contributed by atoms with E-state index in [2.05, 4.69) is 30.4 Å². The molecule has 2 nitrogen and oxygen atoms in total. The lowest BCUT2D eigenvalue weighted by Gasteiger charge is -2.22. The Kier molecular flexibility index (Phi) is 8.84. The van der Waals surface area contributed by atoms with Gasteiger partial charge in [-0.15, -0.1) is 0 Å². The lowest BCUT2D eigenvalue weighted by Crippen LogP contribution is -2.41. The van der Waals surface area contributed by atoms with Crippen LogP contribution in [-0.2, 0) is 5.75 Å². The van der Waals surface area contributed by atoms with Gasteiger partial charge in [-0.25, -0.2) is 0 Å². The highest BCUT2D eigenvalue weighted by molar-refractivity contribution is 7.98. The molecule has 0 bridgehead atoms. The minimum Gasteiger partial charge on any atom is -0.300 e. The molecule has 0 aliphatic heterocycles. The van der Waals surface area contributed by atoms with E-state index in [-0.39, 0.29) is 5.54 Å². The number of nitrogens with zero attached hydrogens (tertiary/aromatic N) is 1. The van der Waals surface area contributed by atoms with Gasteiger partial charge in [0.05, 0.1) is 6.07 Å². The van der Waals surface area contributed by atoms with E-state index < -0.39 is 0 Å². The van der Waals surface area contributed by atoms with Gasteiger partial charge in [-0.2, -0.15) is 17.0 Å². The summed E-state index contributed by atoms with van der Waals surface area (Å²) in [5.74, 6) is 2.17. The Labute approximate surface area is 138 Å². The van der Waals surface area contributed by atoms with Gasteiger partial charge in [0.1, 0.15) is 5.54 Å². The lowest BCUT2D eigenvalue weighted by molar-refractivity contribution is 0.406. The number of unbranched alkanes of at least 4 members (excludes halogenated alkanes) is 1. The lowest BCUT2D eigenvalue weighted by atomic mass is 9.96. The zero-order valence-electron chi connectivity index (χ0n) is 13.0. The van der Waals surface area contributed by atoms with E-state index in [9.17, 15) is 5.26 Å². The first-order valence-corrected chi connectivity index (χ1v) is 9.11. The Morgan fingerprint density at radius 3 is 2.62 bits per heavy atom. The first kappa shape index (κ1) is 18.4. The second-order valence-corrected chi connectivity index (χ2v) is 7.05. The molecule has 0 amide bonds. The first-order chi connectivity index (χ1) is 10.1. The standard InChI is InChI=1S/C17H25ClN2S/c1-3-11-20-17(2,14-19)10-4-5-12-21-13-15-6-8-16(18)9-7-15/h6-9,20H,3-5,10-13H2,1-2H3. The third kappa shape index (κ3) is 7.76. The van der Waals surface area contributed by atoms with E-state index in [1.165, 1.54) is 5.56 Å². The molecule has 21 heavy (non-hydrogen) atoms. The molecule has 0 saturated heterocycles. The highest BCUT2D eigenvalue weighted by atomic mass is 35.5. The molecule has 1 aromatic rings. The van der Waals surface area contributed by atoms with Crippen LogP contribution in [0.25, 0.3) is 0 Å². The van der Waals surface area contributed by atoms with Crippen molar-refractivity contribution in [2.75, 3.05) is 12.3 Å². The molecule has 4 heteroatoms. The Bertz CT molecular complexity index is 441. The fraction of sp³-hybridized carbons (Fsp3) is 0.588. The number of halogens is 1. The summed E-state index contributed by atoms with van der Waals surface area (Å²) >= 11 is 7.81. The average molecular weight is 325 g/mol. The highest BCUT2D eigenvalue weighted by Gasteiger charge is 2.21. The molecule has 0 aliphatic rings. The molecule has 0 aliphatic carbocycles. The van der Waals surface area contributed by atoms with Crippen LogP contribution in [0.3, 0.4) is 0 Å².